The van der Waals surface area contributed by atoms with Gasteiger partial charge in [-0.2, -0.15) is 26.3 Å². The van der Waals surface area contributed by atoms with E-state index in [0.29, 0.717) is 23.1 Å². The van der Waals surface area contributed by atoms with Gasteiger partial charge in [0, 0.05) is 15.5 Å². The standard InChI is InChI=1S/C25H19F7N2O2S/c26-18-3-1-2-4-20(18)37-21-12-15(34-25(30,31)32)7-9-17(21)22(35)14-5-8-16-13(11-14)6-10-19(16)33-23(36)24(27,28)29/h1-5,7-9,11-12,19,22,34-35H,6,10H2,(H,33,36). The number of nitrogens with one attached hydrogen (secondary N) is 2. The Morgan fingerprint density at radius 1 is 0.973 bits per heavy atom. The van der Waals surface area contributed by atoms with Crippen LogP contribution >= 0.6 is 11.8 Å². The molecule has 3 aromatic rings. The molecule has 0 saturated heterocycles. The van der Waals surface area contributed by atoms with Gasteiger partial charge in [0.25, 0.3) is 0 Å². The molecule has 0 saturated carbocycles. The highest BCUT2D eigenvalue weighted by Gasteiger charge is 2.41. The van der Waals surface area contributed by atoms with Crippen molar-refractivity contribution >= 4 is 23.4 Å². The monoisotopic (exact) mass is 544 g/mol. The van der Waals surface area contributed by atoms with E-state index < -0.39 is 36.3 Å². The van der Waals surface area contributed by atoms with Crippen LogP contribution in [-0.4, -0.2) is 23.5 Å². The molecule has 0 aliphatic heterocycles. The van der Waals surface area contributed by atoms with Gasteiger partial charge in [-0.3, -0.25) is 10.1 Å². The third-order valence-corrected chi connectivity index (χ3v) is 6.90. The van der Waals surface area contributed by atoms with Crippen LogP contribution in [0, 0.1) is 5.82 Å². The fraction of sp³-hybridized carbons (Fsp3) is 0.240. The number of alkyl halides is 6. The van der Waals surface area contributed by atoms with Gasteiger partial charge >= 0.3 is 18.4 Å². The third kappa shape index (κ3) is 6.37. The summed E-state index contributed by atoms with van der Waals surface area (Å²) in [6.45, 7) is 0. The van der Waals surface area contributed by atoms with Crippen LogP contribution in [0.4, 0.5) is 36.4 Å². The van der Waals surface area contributed by atoms with Gasteiger partial charge in [0.05, 0.1) is 6.04 Å². The second-order valence-electron chi connectivity index (χ2n) is 8.33. The molecule has 37 heavy (non-hydrogen) atoms. The van der Waals surface area contributed by atoms with E-state index in [-0.39, 0.29) is 27.5 Å². The van der Waals surface area contributed by atoms with Crippen molar-refractivity contribution in [2.75, 3.05) is 5.32 Å². The molecule has 196 valence electrons. The van der Waals surface area contributed by atoms with Gasteiger partial charge in [0.1, 0.15) is 11.9 Å². The first-order valence-electron chi connectivity index (χ1n) is 10.9. The number of halogens is 7. The lowest BCUT2D eigenvalue weighted by molar-refractivity contribution is -0.174. The highest BCUT2D eigenvalue weighted by Crippen LogP contribution is 2.40. The molecule has 4 nitrogen and oxygen atoms in total. The number of aryl methyl sites for hydroxylation is 1. The van der Waals surface area contributed by atoms with Crippen LogP contribution < -0.4 is 10.6 Å². The average molecular weight is 544 g/mol. The van der Waals surface area contributed by atoms with E-state index in [4.69, 9.17) is 0 Å². The lowest BCUT2D eigenvalue weighted by Crippen LogP contribution is -2.38. The molecule has 0 bridgehead atoms. The molecule has 0 radical (unpaired) electrons. The molecule has 2 unspecified atom stereocenters. The summed E-state index contributed by atoms with van der Waals surface area (Å²) in [5, 5.41) is 14.5. The van der Waals surface area contributed by atoms with Crippen LogP contribution in [0.3, 0.4) is 0 Å². The van der Waals surface area contributed by atoms with E-state index in [0.717, 1.165) is 23.9 Å². The topological polar surface area (TPSA) is 61.4 Å². The minimum absolute atomic E-state index is 0.136. The van der Waals surface area contributed by atoms with Gasteiger partial charge in [-0.05, 0) is 59.4 Å². The van der Waals surface area contributed by atoms with E-state index in [1.165, 1.54) is 41.7 Å². The molecule has 0 fully saturated rings. The van der Waals surface area contributed by atoms with Crippen LogP contribution in [0.2, 0.25) is 0 Å². The quantitative estimate of drug-likeness (QED) is 0.240. The Bertz CT molecular complexity index is 1310. The molecule has 0 spiro atoms. The minimum atomic E-state index is -5.02. The fourth-order valence-electron chi connectivity index (χ4n) is 4.11. The first-order valence-corrected chi connectivity index (χ1v) is 11.7. The molecule has 2 atom stereocenters. The third-order valence-electron chi connectivity index (χ3n) is 5.77. The highest BCUT2D eigenvalue weighted by atomic mass is 32.2. The SMILES string of the molecule is O=C(NC1CCc2cc(C(O)c3ccc(NC(F)(F)F)cc3Sc3ccccc3F)ccc21)C(F)(F)F. The summed E-state index contributed by atoms with van der Waals surface area (Å²) in [7, 11) is 0. The Hall–Kier alpha value is -3.25. The molecule has 1 aliphatic rings. The van der Waals surface area contributed by atoms with Crippen molar-refractivity contribution in [3.8, 4) is 0 Å². The molecule has 4 rings (SSSR count). The number of aliphatic hydroxyl groups excluding tert-OH is 1. The Balaban J connectivity index is 1.64. The number of benzene rings is 3. The van der Waals surface area contributed by atoms with E-state index in [9.17, 15) is 40.6 Å². The Kier molecular flexibility index (Phi) is 7.43. The number of amides is 1. The number of aliphatic hydroxyl groups is 1. The molecule has 1 aliphatic carbocycles. The van der Waals surface area contributed by atoms with Crippen molar-refractivity contribution in [3.05, 3.63) is 88.7 Å². The van der Waals surface area contributed by atoms with Crippen LogP contribution in [-0.2, 0) is 11.2 Å². The van der Waals surface area contributed by atoms with E-state index in [1.54, 1.807) is 12.1 Å². The largest absolute Gasteiger partial charge is 0.482 e. The van der Waals surface area contributed by atoms with Crippen molar-refractivity contribution in [3.63, 3.8) is 0 Å². The zero-order valence-corrected chi connectivity index (χ0v) is 19.6. The number of hydrogen-bond acceptors (Lipinski definition) is 4. The summed E-state index contributed by atoms with van der Waals surface area (Å²) in [4.78, 5) is 11.6. The maximum atomic E-state index is 14.3. The summed E-state index contributed by atoms with van der Waals surface area (Å²) in [6.07, 6.45) is -10.5. The van der Waals surface area contributed by atoms with Crippen molar-refractivity contribution < 1.29 is 40.6 Å². The number of hydrogen-bond donors (Lipinski definition) is 3. The van der Waals surface area contributed by atoms with Gasteiger partial charge in [0.2, 0.25) is 0 Å². The molecule has 0 heterocycles. The number of anilines is 1. The van der Waals surface area contributed by atoms with Gasteiger partial charge in [-0.25, -0.2) is 4.39 Å². The number of fused-ring (bicyclic) bond motifs is 1. The normalized spacial score (nSPS) is 16.3. The van der Waals surface area contributed by atoms with Crippen molar-refractivity contribution in [1.29, 1.82) is 0 Å². The van der Waals surface area contributed by atoms with Crippen LogP contribution in [0.15, 0.2) is 70.5 Å². The summed E-state index contributed by atoms with van der Waals surface area (Å²) in [5.41, 5.74) is 1.36. The minimum Gasteiger partial charge on any atom is -0.384 e. The summed E-state index contributed by atoms with van der Waals surface area (Å²) >= 11 is 0.843. The predicted octanol–water partition coefficient (Wildman–Crippen LogP) is 6.66. The lowest BCUT2D eigenvalue weighted by Gasteiger charge is -2.20. The van der Waals surface area contributed by atoms with Gasteiger partial charge in [-0.1, -0.05) is 48.2 Å². The van der Waals surface area contributed by atoms with Crippen molar-refractivity contribution in [1.82, 2.24) is 5.32 Å². The van der Waals surface area contributed by atoms with Crippen LogP contribution in [0.5, 0.6) is 0 Å². The lowest BCUT2D eigenvalue weighted by atomic mass is 9.97. The Labute approximate surface area is 210 Å². The second-order valence-corrected chi connectivity index (χ2v) is 9.41. The van der Waals surface area contributed by atoms with E-state index in [1.807, 2.05) is 5.32 Å². The first-order chi connectivity index (χ1) is 17.3. The zero-order valence-electron chi connectivity index (χ0n) is 18.8. The van der Waals surface area contributed by atoms with Gasteiger partial charge in [-0.15, -0.1) is 0 Å². The van der Waals surface area contributed by atoms with E-state index in [2.05, 4.69) is 0 Å². The average Bonchev–Trinajstić information content (AvgIpc) is 3.20. The number of carbonyl (C=O) groups is 1. The van der Waals surface area contributed by atoms with Crippen LogP contribution in [0.1, 0.15) is 40.8 Å². The molecular formula is C25H19F7N2O2S. The molecule has 12 heteroatoms. The van der Waals surface area contributed by atoms with Crippen molar-refractivity contribution in [2.24, 2.45) is 0 Å². The summed E-state index contributed by atoms with van der Waals surface area (Å²) < 4.78 is 90.8. The molecule has 3 aromatic carbocycles. The molecule has 1 amide bonds. The summed E-state index contributed by atoms with van der Waals surface area (Å²) in [5.74, 6) is -2.64. The molecule has 3 N–H and O–H groups in total. The summed E-state index contributed by atoms with van der Waals surface area (Å²) in [6, 6.07) is 13.0. The smallest absolute Gasteiger partial charge is 0.384 e. The van der Waals surface area contributed by atoms with Crippen LogP contribution in [0.25, 0.3) is 0 Å². The Morgan fingerprint density at radius 3 is 2.38 bits per heavy atom. The predicted molar refractivity (Wildman–Crippen MR) is 122 cm³/mol. The van der Waals surface area contributed by atoms with Crippen molar-refractivity contribution in [2.45, 2.75) is 47.3 Å². The fourth-order valence-corrected chi connectivity index (χ4v) is 5.15. The highest BCUT2D eigenvalue weighted by molar-refractivity contribution is 7.99. The first kappa shape index (κ1) is 26.8. The maximum absolute atomic E-state index is 14.3. The Morgan fingerprint density at radius 2 is 1.70 bits per heavy atom. The van der Waals surface area contributed by atoms with E-state index >= 15 is 0 Å². The molecule has 0 aromatic heterocycles. The number of rotatable bonds is 6. The zero-order chi connectivity index (χ0) is 27.0. The maximum Gasteiger partial charge on any atom is 0.482 e. The molecular weight excluding hydrogens is 525 g/mol. The second kappa shape index (κ2) is 10.3. The number of carbonyl (C=O) groups excluding carboxylic acids is 1. The van der Waals surface area contributed by atoms with Gasteiger partial charge < -0.3 is 10.4 Å². The van der Waals surface area contributed by atoms with Gasteiger partial charge in [0.15, 0.2) is 0 Å².